The van der Waals surface area contributed by atoms with E-state index >= 15 is 0 Å². The van der Waals surface area contributed by atoms with Crippen LogP contribution < -0.4 is 0 Å². The minimum absolute atomic E-state index is 0.108. The molecule has 3 nitrogen and oxygen atoms in total. The summed E-state index contributed by atoms with van der Waals surface area (Å²) in [5.74, 6) is 0.192. The molecule has 3 heteroatoms. The fourth-order valence-electron chi connectivity index (χ4n) is 2.12. The van der Waals surface area contributed by atoms with Crippen molar-refractivity contribution in [1.82, 2.24) is 0 Å². The van der Waals surface area contributed by atoms with Crippen LogP contribution >= 0.6 is 0 Å². The molecule has 0 spiro atoms. The zero-order chi connectivity index (χ0) is 13.1. The molecule has 1 aromatic carbocycles. The van der Waals surface area contributed by atoms with Gasteiger partial charge in [-0.25, -0.2) is 0 Å². The van der Waals surface area contributed by atoms with Crippen molar-refractivity contribution in [3.8, 4) is 0 Å². The van der Waals surface area contributed by atoms with Gasteiger partial charge in [0.25, 0.3) is 0 Å². The number of Topliss-reactive ketones (excluding diaryl/α,β-unsaturated/α-hetero) is 2. The normalized spacial score (nSPS) is 15.8. The quantitative estimate of drug-likeness (QED) is 0.606. The maximum atomic E-state index is 12.3. The molecule has 94 valence electrons. The lowest BCUT2D eigenvalue weighted by molar-refractivity contribution is -0.116. The molecule has 1 aromatic rings. The second-order valence-corrected chi connectivity index (χ2v) is 4.47. The highest BCUT2D eigenvalue weighted by atomic mass is 16.5. The number of carbonyl (C=O) groups is 2. The lowest BCUT2D eigenvalue weighted by atomic mass is 9.90. The second-order valence-electron chi connectivity index (χ2n) is 4.47. The number of methoxy groups -OCH3 is 1. The number of allylic oxidation sites excluding steroid dienone is 2. The summed E-state index contributed by atoms with van der Waals surface area (Å²) in [7, 11) is 1.51. The van der Waals surface area contributed by atoms with Crippen molar-refractivity contribution < 1.29 is 14.3 Å². The Morgan fingerprint density at radius 3 is 2.44 bits per heavy atom. The highest BCUT2D eigenvalue weighted by molar-refractivity contribution is 6.26. The van der Waals surface area contributed by atoms with E-state index < -0.39 is 0 Å². The number of ketones is 2. The molecule has 2 rings (SSSR count). The molecule has 0 aromatic heterocycles. The van der Waals surface area contributed by atoms with Gasteiger partial charge in [-0.05, 0) is 13.3 Å². The van der Waals surface area contributed by atoms with Crippen molar-refractivity contribution in [2.45, 2.75) is 26.2 Å². The van der Waals surface area contributed by atoms with E-state index in [4.69, 9.17) is 4.74 Å². The molecule has 0 heterocycles. The number of rotatable bonds is 3. The van der Waals surface area contributed by atoms with E-state index in [-0.39, 0.29) is 17.1 Å². The van der Waals surface area contributed by atoms with Crippen molar-refractivity contribution in [3.05, 3.63) is 46.7 Å². The van der Waals surface area contributed by atoms with E-state index in [0.29, 0.717) is 24.2 Å². The van der Waals surface area contributed by atoms with E-state index in [1.54, 1.807) is 12.1 Å². The highest BCUT2D eigenvalue weighted by Crippen LogP contribution is 2.25. The third-order valence-electron chi connectivity index (χ3n) is 3.15. The molecule has 1 aliphatic rings. The van der Waals surface area contributed by atoms with Gasteiger partial charge in [0.2, 0.25) is 0 Å². The summed E-state index contributed by atoms with van der Waals surface area (Å²) in [6, 6.07) is 7.24. The Morgan fingerprint density at radius 2 is 1.83 bits per heavy atom. The Hall–Kier alpha value is -1.90. The van der Waals surface area contributed by atoms with Gasteiger partial charge in [-0.1, -0.05) is 29.8 Å². The molecule has 0 N–H and O–H groups in total. The smallest absolute Gasteiger partial charge is 0.200 e. The third-order valence-corrected chi connectivity index (χ3v) is 3.15. The molecule has 0 aliphatic heterocycles. The fourth-order valence-corrected chi connectivity index (χ4v) is 2.12. The summed E-state index contributed by atoms with van der Waals surface area (Å²) in [4.78, 5) is 24.2. The lowest BCUT2D eigenvalue weighted by Crippen LogP contribution is -2.20. The molecule has 0 amide bonds. The SMILES string of the molecule is COC1=C(C(=O)c2ccc(C)cc2)C(=O)CCC1. The van der Waals surface area contributed by atoms with Gasteiger partial charge in [0.05, 0.1) is 7.11 Å². The Bertz CT molecular complexity index is 509. The van der Waals surface area contributed by atoms with E-state index in [1.165, 1.54) is 7.11 Å². The maximum absolute atomic E-state index is 12.3. The predicted octanol–water partition coefficient (Wildman–Crippen LogP) is 2.83. The predicted molar refractivity (Wildman–Crippen MR) is 68.4 cm³/mol. The molecule has 1 aliphatic carbocycles. The molecule has 0 unspecified atom stereocenters. The van der Waals surface area contributed by atoms with Gasteiger partial charge in [0.15, 0.2) is 11.6 Å². The van der Waals surface area contributed by atoms with Gasteiger partial charge in [-0.2, -0.15) is 0 Å². The molecule has 0 fully saturated rings. The lowest BCUT2D eigenvalue weighted by Gasteiger charge is -2.17. The van der Waals surface area contributed by atoms with Crippen LogP contribution in [0.25, 0.3) is 0 Å². The van der Waals surface area contributed by atoms with Crippen LogP contribution in [0.3, 0.4) is 0 Å². The molecule has 0 radical (unpaired) electrons. The second kappa shape index (κ2) is 5.17. The minimum Gasteiger partial charge on any atom is -0.500 e. The monoisotopic (exact) mass is 244 g/mol. The molecule has 0 bridgehead atoms. The molecule has 0 atom stereocenters. The van der Waals surface area contributed by atoms with Gasteiger partial charge >= 0.3 is 0 Å². The number of aryl methyl sites for hydroxylation is 1. The summed E-state index contributed by atoms with van der Waals surface area (Å²) in [6.45, 7) is 1.96. The van der Waals surface area contributed by atoms with Crippen LogP contribution in [0.4, 0.5) is 0 Å². The van der Waals surface area contributed by atoms with Gasteiger partial charge < -0.3 is 4.74 Å². The van der Waals surface area contributed by atoms with Crippen LogP contribution in [-0.4, -0.2) is 18.7 Å². The zero-order valence-corrected chi connectivity index (χ0v) is 10.7. The summed E-state index contributed by atoms with van der Waals surface area (Å²) in [6.07, 6.45) is 1.85. The first-order valence-electron chi connectivity index (χ1n) is 6.05. The summed E-state index contributed by atoms with van der Waals surface area (Å²) >= 11 is 0. The van der Waals surface area contributed by atoms with Crippen molar-refractivity contribution in [1.29, 1.82) is 0 Å². The molecule has 18 heavy (non-hydrogen) atoms. The van der Waals surface area contributed by atoms with Crippen molar-refractivity contribution >= 4 is 11.6 Å². The van der Waals surface area contributed by atoms with Crippen molar-refractivity contribution in [2.75, 3.05) is 7.11 Å². The number of ether oxygens (including phenoxy) is 1. The van der Waals surface area contributed by atoms with Crippen LogP contribution in [0.5, 0.6) is 0 Å². The fraction of sp³-hybridized carbons (Fsp3) is 0.333. The topological polar surface area (TPSA) is 43.4 Å². The van der Waals surface area contributed by atoms with Gasteiger partial charge in [0, 0.05) is 18.4 Å². The number of carbonyl (C=O) groups excluding carboxylic acids is 2. The zero-order valence-electron chi connectivity index (χ0n) is 10.7. The van der Waals surface area contributed by atoms with E-state index in [0.717, 1.165) is 12.0 Å². The summed E-state index contributed by atoms with van der Waals surface area (Å²) < 4.78 is 5.18. The largest absolute Gasteiger partial charge is 0.500 e. The van der Waals surface area contributed by atoms with Crippen LogP contribution in [-0.2, 0) is 9.53 Å². The molecular formula is C15H16O3. The Balaban J connectivity index is 2.40. The molecule has 0 saturated carbocycles. The van der Waals surface area contributed by atoms with Crippen LogP contribution in [0.1, 0.15) is 35.2 Å². The van der Waals surface area contributed by atoms with E-state index in [1.807, 2.05) is 19.1 Å². The number of benzene rings is 1. The average molecular weight is 244 g/mol. The Labute approximate surface area is 106 Å². The first-order chi connectivity index (χ1) is 8.63. The van der Waals surface area contributed by atoms with Gasteiger partial charge in [-0.3, -0.25) is 9.59 Å². The Morgan fingerprint density at radius 1 is 1.17 bits per heavy atom. The van der Waals surface area contributed by atoms with Crippen LogP contribution in [0.2, 0.25) is 0 Å². The van der Waals surface area contributed by atoms with Crippen LogP contribution in [0.15, 0.2) is 35.6 Å². The molecular weight excluding hydrogens is 228 g/mol. The average Bonchev–Trinajstić information content (AvgIpc) is 2.38. The van der Waals surface area contributed by atoms with E-state index in [2.05, 4.69) is 0 Å². The highest BCUT2D eigenvalue weighted by Gasteiger charge is 2.27. The number of hydrogen-bond acceptors (Lipinski definition) is 3. The third kappa shape index (κ3) is 2.35. The van der Waals surface area contributed by atoms with E-state index in [9.17, 15) is 9.59 Å². The number of hydrogen-bond donors (Lipinski definition) is 0. The first-order valence-corrected chi connectivity index (χ1v) is 6.05. The standard InChI is InChI=1S/C15H16O3/c1-10-6-8-11(9-7-10)15(17)14-12(16)4-3-5-13(14)18-2/h6-9H,3-5H2,1-2H3. The van der Waals surface area contributed by atoms with Gasteiger partial charge in [-0.15, -0.1) is 0 Å². The Kier molecular flexibility index (Phi) is 3.60. The summed E-state index contributed by atoms with van der Waals surface area (Å²) in [5.41, 5.74) is 1.86. The van der Waals surface area contributed by atoms with Crippen molar-refractivity contribution in [2.24, 2.45) is 0 Å². The molecule has 0 saturated heterocycles. The minimum atomic E-state index is -0.225. The maximum Gasteiger partial charge on any atom is 0.200 e. The van der Waals surface area contributed by atoms with Gasteiger partial charge in [0.1, 0.15) is 11.3 Å². The first kappa shape index (κ1) is 12.6. The summed E-state index contributed by atoms with van der Waals surface area (Å²) in [5, 5.41) is 0. The van der Waals surface area contributed by atoms with Crippen LogP contribution in [0, 0.1) is 6.92 Å². The van der Waals surface area contributed by atoms with Crippen molar-refractivity contribution in [3.63, 3.8) is 0 Å².